The number of carbonyl (C=O) groups is 1. The predicted octanol–water partition coefficient (Wildman–Crippen LogP) is 4.00. The first kappa shape index (κ1) is 21.4. The van der Waals surface area contributed by atoms with E-state index in [1.807, 2.05) is 19.9 Å². The molecule has 1 aliphatic heterocycles. The molecule has 1 aliphatic rings. The second-order valence-corrected chi connectivity index (χ2v) is 9.75. The van der Waals surface area contributed by atoms with Crippen LogP contribution in [0.2, 0.25) is 0 Å². The van der Waals surface area contributed by atoms with Crippen LogP contribution < -0.4 is 5.32 Å². The molecular weight excluding hydrogens is 416 g/mol. The molecule has 0 radical (unpaired) electrons. The molecular formula is C23H26N2O5S. The highest BCUT2D eigenvalue weighted by Gasteiger charge is 2.33. The van der Waals surface area contributed by atoms with Crippen LogP contribution >= 0.6 is 0 Å². The molecule has 0 saturated carbocycles. The minimum atomic E-state index is -3.87. The van der Waals surface area contributed by atoms with E-state index >= 15 is 0 Å². The first-order valence-electron chi connectivity index (χ1n) is 10.3. The molecule has 1 amide bonds. The topological polar surface area (TPSA) is 90.5 Å². The molecule has 1 atom stereocenters. The summed E-state index contributed by atoms with van der Waals surface area (Å²) in [5.41, 5.74) is 2.30. The Balaban J connectivity index is 1.84. The fraction of sp³-hybridized carbons (Fsp3) is 0.348. The van der Waals surface area contributed by atoms with Crippen LogP contribution in [-0.4, -0.2) is 31.6 Å². The minimum absolute atomic E-state index is 0.103. The summed E-state index contributed by atoms with van der Waals surface area (Å²) in [4.78, 5) is 13.2. The van der Waals surface area contributed by atoms with Crippen LogP contribution in [0.1, 0.15) is 35.4 Å². The summed E-state index contributed by atoms with van der Waals surface area (Å²) in [6.07, 6.45) is 2.40. The molecule has 1 fully saturated rings. The lowest BCUT2D eigenvalue weighted by molar-refractivity contribution is -0.124. The molecule has 3 heterocycles. The smallest absolute Gasteiger partial charge is 0.254 e. The lowest BCUT2D eigenvalue weighted by atomic mass is 10.2. The van der Waals surface area contributed by atoms with E-state index in [1.165, 1.54) is 0 Å². The van der Waals surface area contributed by atoms with Crippen molar-refractivity contribution < 1.29 is 22.4 Å². The maximum Gasteiger partial charge on any atom is 0.254 e. The van der Waals surface area contributed by atoms with E-state index in [2.05, 4.69) is 5.32 Å². The van der Waals surface area contributed by atoms with Gasteiger partial charge in [0.05, 0.1) is 17.7 Å². The van der Waals surface area contributed by atoms with Crippen LogP contribution in [0, 0.1) is 20.8 Å². The highest BCUT2D eigenvalue weighted by atomic mass is 32.2. The van der Waals surface area contributed by atoms with Crippen molar-refractivity contribution in [1.29, 1.82) is 0 Å². The molecule has 7 nitrogen and oxygen atoms in total. The number of amides is 1. The number of ether oxygens (including phenoxy) is 1. The molecule has 4 rings (SSSR count). The molecule has 31 heavy (non-hydrogen) atoms. The molecule has 2 aromatic heterocycles. The van der Waals surface area contributed by atoms with Crippen molar-refractivity contribution >= 4 is 21.6 Å². The Bertz CT molecular complexity index is 1190. The zero-order valence-electron chi connectivity index (χ0n) is 17.8. The highest BCUT2D eigenvalue weighted by molar-refractivity contribution is 7.91. The standard InChI is InChI=1S/C23H26N2O5S/c1-15-8-10-19(11-9-15)31(27,28)21-16(2)17(3)25(14-18-6-4-12-29-18)22(21)24-23(26)20-7-5-13-30-20/h4,6,8-12,20H,5,7,13-14H2,1-3H3,(H,24,26)/t20-/m0/s1. The average molecular weight is 443 g/mol. The average Bonchev–Trinajstić information content (AvgIpc) is 3.48. The van der Waals surface area contributed by atoms with E-state index in [4.69, 9.17) is 9.15 Å². The largest absolute Gasteiger partial charge is 0.467 e. The quantitative estimate of drug-likeness (QED) is 0.623. The number of hydrogen-bond acceptors (Lipinski definition) is 5. The Morgan fingerprint density at radius 3 is 2.52 bits per heavy atom. The highest BCUT2D eigenvalue weighted by Crippen LogP contribution is 2.36. The molecule has 1 N–H and O–H groups in total. The van der Waals surface area contributed by atoms with Gasteiger partial charge in [-0.3, -0.25) is 4.79 Å². The second kappa shape index (κ2) is 8.36. The summed E-state index contributed by atoms with van der Waals surface area (Å²) in [5, 5.41) is 2.86. The minimum Gasteiger partial charge on any atom is -0.467 e. The summed E-state index contributed by atoms with van der Waals surface area (Å²) >= 11 is 0. The Hall–Kier alpha value is -2.84. The van der Waals surface area contributed by atoms with Gasteiger partial charge < -0.3 is 19.0 Å². The number of carbonyl (C=O) groups excluding carboxylic acids is 1. The number of aromatic nitrogens is 1. The number of nitrogens with zero attached hydrogens (tertiary/aromatic N) is 1. The number of nitrogens with one attached hydrogen (secondary N) is 1. The zero-order chi connectivity index (χ0) is 22.2. The van der Waals surface area contributed by atoms with E-state index in [-0.39, 0.29) is 21.5 Å². The molecule has 8 heteroatoms. The van der Waals surface area contributed by atoms with E-state index < -0.39 is 15.9 Å². The van der Waals surface area contributed by atoms with Gasteiger partial charge in [-0.05, 0) is 63.4 Å². The van der Waals surface area contributed by atoms with E-state index in [0.717, 1.165) is 17.7 Å². The van der Waals surface area contributed by atoms with Gasteiger partial charge >= 0.3 is 0 Å². The van der Waals surface area contributed by atoms with Gasteiger partial charge in [0.25, 0.3) is 5.91 Å². The van der Waals surface area contributed by atoms with Gasteiger partial charge in [-0.15, -0.1) is 0 Å². The molecule has 1 saturated heterocycles. The Morgan fingerprint density at radius 2 is 1.90 bits per heavy atom. The third-order valence-electron chi connectivity index (χ3n) is 5.73. The van der Waals surface area contributed by atoms with Crippen molar-refractivity contribution in [2.45, 2.75) is 56.1 Å². The van der Waals surface area contributed by atoms with E-state index in [9.17, 15) is 13.2 Å². The molecule has 0 bridgehead atoms. The van der Waals surface area contributed by atoms with Crippen LogP contribution in [0.5, 0.6) is 0 Å². The predicted molar refractivity (Wildman–Crippen MR) is 116 cm³/mol. The van der Waals surface area contributed by atoms with Crippen LogP contribution in [-0.2, 0) is 25.9 Å². The van der Waals surface area contributed by atoms with Crippen molar-refractivity contribution in [2.75, 3.05) is 11.9 Å². The van der Waals surface area contributed by atoms with E-state index in [0.29, 0.717) is 30.9 Å². The maximum absolute atomic E-state index is 13.6. The van der Waals surface area contributed by atoms with Gasteiger partial charge in [0.15, 0.2) is 0 Å². The summed E-state index contributed by atoms with van der Waals surface area (Å²) < 4.78 is 40.0. The van der Waals surface area contributed by atoms with Crippen molar-refractivity contribution in [3.05, 3.63) is 65.2 Å². The maximum atomic E-state index is 13.6. The third kappa shape index (κ3) is 4.05. The Kier molecular flexibility index (Phi) is 5.77. The molecule has 0 aliphatic carbocycles. The molecule has 164 valence electrons. The molecule has 0 spiro atoms. The Labute approximate surface area is 181 Å². The molecule has 1 aromatic carbocycles. The van der Waals surface area contributed by atoms with Gasteiger partial charge in [0.2, 0.25) is 9.84 Å². The first-order chi connectivity index (χ1) is 14.8. The number of aryl methyl sites for hydroxylation is 1. The second-order valence-electron chi connectivity index (χ2n) is 7.86. The van der Waals surface area contributed by atoms with Crippen LogP contribution in [0.3, 0.4) is 0 Å². The monoisotopic (exact) mass is 442 g/mol. The third-order valence-corrected chi connectivity index (χ3v) is 7.66. The van der Waals surface area contributed by atoms with Crippen LogP contribution in [0.25, 0.3) is 0 Å². The van der Waals surface area contributed by atoms with Crippen molar-refractivity contribution in [2.24, 2.45) is 0 Å². The van der Waals surface area contributed by atoms with Crippen LogP contribution in [0.15, 0.2) is 56.9 Å². The Morgan fingerprint density at radius 1 is 1.16 bits per heavy atom. The molecule has 0 unspecified atom stereocenters. The summed E-state index contributed by atoms with van der Waals surface area (Å²) in [5.74, 6) is 0.563. The van der Waals surface area contributed by atoms with Crippen LogP contribution in [0.4, 0.5) is 5.82 Å². The first-order valence-corrected chi connectivity index (χ1v) is 11.7. The number of rotatable bonds is 6. The summed E-state index contributed by atoms with van der Waals surface area (Å²) in [6.45, 7) is 6.33. The number of hydrogen-bond donors (Lipinski definition) is 1. The van der Waals surface area contributed by atoms with E-state index in [1.54, 1.807) is 48.1 Å². The molecule has 3 aromatic rings. The zero-order valence-corrected chi connectivity index (χ0v) is 18.7. The van der Waals surface area contributed by atoms with Crippen molar-refractivity contribution in [3.8, 4) is 0 Å². The lowest BCUT2D eigenvalue weighted by Crippen LogP contribution is -2.29. The van der Waals surface area contributed by atoms with Gasteiger partial charge in [-0.25, -0.2) is 8.42 Å². The van der Waals surface area contributed by atoms with Crippen molar-refractivity contribution in [3.63, 3.8) is 0 Å². The van der Waals surface area contributed by atoms with Crippen molar-refractivity contribution in [1.82, 2.24) is 4.57 Å². The van der Waals surface area contributed by atoms with Gasteiger partial charge in [0.1, 0.15) is 22.6 Å². The summed E-state index contributed by atoms with van der Waals surface area (Å²) in [7, 11) is -3.87. The van der Waals surface area contributed by atoms with Gasteiger partial charge in [0, 0.05) is 12.3 Å². The fourth-order valence-corrected chi connectivity index (χ4v) is 5.56. The normalized spacial score (nSPS) is 16.5. The number of anilines is 1. The van der Waals surface area contributed by atoms with Gasteiger partial charge in [-0.2, -0.15) is 0 Å². The number of sulfone groups is 1. The number of furan rings is 1. The SMILES string of the molecule is Cc1ccc(S(=O)(=O)c2c(C)c(C)n(Cc3ccco3)c2NC(=O)[C@@H]2CCCO2)cc1. The summed E-state index contributed by atoms with van der Waals surface area (Å²) in [6, 6.07) is 10.3. The van der Waals surface area contributed by atoms with Gasteiger partial charge in [-0.1, -0.05) is 17.7 Å². The number of benzene rings is 1. The lowest BCUT2D eigenvalue weighted by Gasteiger charge is -2.16. The fourth-order valence-electron chi connectivity index (χ4n) is 3.86.